The molecule has 3 N–H and O–H groups in total. The molecule has 0 aromatic rings. The Morgan fingerprint density at radius 3 is 1.86 bits per heavy atom. The van der Waals surface area contributed by atoms with E-state index >= 15 is 0 Å². The van der Waals surface area contributed by atoms with Gasteiger partial charge in [0.15, 0.2) is 5.11 Å². The van der Waals surface area contributed by atoms with Crippen molar-refractivity contribution in [3.63, 3.8) is 0 Å². The van der Waals surface area contributed by atoms with Crippen molar-refractivity contribution >= 4 is 25.1 Å². The summed E-state index contributed by atoms with van der Waals surface area (Å²) in [6.45, 7) is 6.99. The molecule has 0 fully saturated rings. The van der Waals surface area contributed by atoms with Crippen molar-refractivity contribution in [2.75, 3.05) is 0 Å². The molecule has 0 aromatic heterocycles. The van der Waals surface area contributed by atoms with Crippen LogP contribution in [0.5, 0.6) is 0 Å². The quantitative estimate of drug-likeness (QED) is 0.563. The van der Waals surface area contributed by atoms with Crippen LogP contribution in [-0.4, -0.2) is 17.3 Å². The molecule has 0 heterocycles. The SMILES string of the molecule is CC(C)OP(=O)(NC(N)=S)OC(C)C. The van der Waals surface area contributed by atoms with Crippen molar-refractivity contribution in [3.05, 3.63) is 0 Å². The third kappa shape index (κ3) is 6.32. The highest BCUT2D eigenvalue weighted by Crippen LogP contribution is 2.45. The molecular formula is C7H17N2O3PS. The molecule has 0 amide bonds. The Bertz CT molecular complexity index is 231. The maximum Gasteiger partial charge on any atom is 0.434 e. The van der Waals surface area contributed by atoms with Gasteiger partial charge >= 0.3 is 7.75 Å². The van der Waals surface area contributed by atoms with Crippen LogP contribution in [0.4, 0.5) is 0 Å². The van der Waals surface area contributed by atoms with Gasteiger partial charge in [-0.25, -0.2) is 4.57 Å². The highest BCUT2D eigenvalue weighted by Gasteiger charge is 2.28. The van der Waals surface area contributed by atoms with Crippen LogP contribution in [0.3, 0.4) is 0 Å². The summed E-state index contributed by atoms with van der Waals surface area (Å²) in [4.78, 5) is 0. The Kier molecular flexibility index (Phi) is 5.59. The highest BCUT2D eigenvalue weighted by molar-refractivity contribution is 7.81. The molecule has 0 saturated carbocycles. The van der Waals surface area contributed by atoms with E-state index < -0.39 is 7.75 Å². The van der Waals surface area contributed by atoms with Crippen molar-refractivity contribution in [2.45, 2.75) is 39.9 Å². The average molecular weight is 240 g/mol. The summed E-state index contributed by atoms with van der Waals surface area (Å²) in [6.07, 6.45) is -0.470. The van der Waals surface area contributed by atoms with Gasteiger partial charge in [0, 0.05) is 0 Å². The van der Waals surface area contributed by atoms with Gasteiger partial charge in [0.25, 0.3) is 0 Å². The molecule has 0 rings (SSSR count). The summed E-state index contributed by atoms with van der Waals surface area (Å²) in [7, 11) is -3.40. The summed E-state index contributed by atoms with van der Waals surface area (Å²) in [6, 6.07) is 0. The lowest BCUT2D eigenvalue weighted by molar-refractivity contribution is 0.139. The van der Waals surface area contributed by atoms with E-state index in [0.717, 1.165) is 0 Å². The Morgan fingerprint density at radius 1 is 1.29 bits per heavy atom. The van der Waals surface area contributed by atoms with Crippen LogP contribution in [0, 0.1) is 0 Å². The summed E-state index contributed by atoms with van der Waals surface area (Å²) in [5.74, 6) is 0. The predicted octanol–water partition coefficient (Wildman–Crippen LogP) is 1.78. The van der Waals surface area contributed by atoms with E-state index in [4.69, 9.17) is 14.8 Å². The third-order valence-corrected chi connectivity index (χ3v) is 3.11. The first-order valence-corrected chi connectivity index (χ1v) is 6.25. The van der Waals surface area contributed by atoms with Gasteiger partial charge in [-0.1, -0.05) is 0 Å². The normalized spacial score (nSPS) is 12.1. The fraction of sp³-hybridized carbons (Fsp3) is 0.857. The summed E-state index contributed by atoms with van der Waals surface area (Å²) in [5, 5.41) is 2.24. The number of thiocarbonyl (C=S) groups is 1. The molecule has 0 spiro atoms. The van der Waals surface area contributed by atoms with E-state index in [9.17, 15) is 4.57 Å². The number of hydrogen-bond donors (Lipinski definition) is 2. The van der Waals surface area contributed by atoms with Crippen LogP contribution in [0.15, 0.2) is 0 Å². The summed E-state index contributed by atoms with van der Waals surface area (Å²) < 4.78 is 22.1. The lowest BCUT2D eigenvalue weighted by Crippen LogP contribution is -2.30. The van der Waals surface area contributed by atoms with Crippen molar-refractivity contribution in [1.82, 2.24) is 5.09 Å². The number of rotatable bonds is 5. The van der Waals surface area contributed by atoms with E-state index in [1.165, 1.54) is 0 Å². The van der Waals surface area contributed by atoms with Crippen LogP contribution >= 0.6 is 20.0 Å². The molecule has 0 aliphatic heterocycles. The zero-order chi connectivity index (χ0) is 11.4. The van der Waals surface area contributed by atoms with E-state index in [-0.39, 0.29) is 17.3 Å². The largest absolute Gasteiger partial charge is 0.434 e. The van der Waals surface area contributed by atoms with Gasteiger partial charge in [-0.3, -0.25) is 14.1 Å². The van der Waals surface area contributed by atoms with Crippen LogP contribution in [0.2, 0.25) is 0 Å². The fourth-order valence-corrected chi connectivity index (χ4v) is 2.64. The van der Waals surface area contributed by atoms with Crippen molar-refractivity contribution in [1.29, 1.82) is 0 Å². The Morgan fingerprint density at radius 2 is 1.64 bits per heavy atom. The maximum absolute atomic E-state index is 11.9. The van der Waals surface area contributed by atoms with Crippen molar-refractivity contribution in [3.8, 4) is 0 Å². The molecule has 0 bridgehead atoms. The molecule has 0 radical (unpaired) electrons. The van der Waals surface area contributed by atoms with Crippen molar-refractivity contribution in [2.24, 2.45) is 5.73 Å². The van der Waals surface area contributed by atoms with Crippen LogP contribution in [0.1, 0.15) is 27.7 Å². The zero-order valence-electron chi connectivity index (χ0n) is 8.81. The molecule has 14 heavy (non-hydrogen) atoms. The molecule has 5 nitrogen and oxygen atoms in total. The lowest BCUT2D eigenvalue weighted by Gasteiger charge is -2.22. The first kappa shape index (κ1) is 13.8. The molecule has 0 aromatic carbocycles. The van der Waals surface area contributed by atoms with E-state index in [1.54, 1.807) is 27.7 Å². The van der Waals surface area contributed by atoms with Gasteiger partial charge in [0.2, 0.25) is 0 Å². The first-order chi connectivity index (χ1) is 6.25. The third-order valence-electron chi connectivity index (χ3n) is 0.946. The Labute approximate surface area is 89.9 Å². The highest BCUT2D eigenvalue weighted by atomic mass is 32.1. The fourth-order valence-electron chi connectivity index (χ4n) is 0.768. The second-order valence-corrected chi connectivity index (χ2v) is 5.36. The zero-order valence-corrected chi connectivity index (χ0v) is 10.5. The molecule has 0 aliphatic rings. The van der Waals surface area contributed by atoms with Gasteiger partial charge in [0.05, 0.1) is 12.2 Å². The van der Waals surface area contributed by atoms with E-state index in [2.05, 4.69) is 17.3 Å². The Hall–Kier alpha value is -0.160. The molecule has 7 heteroatoms. The Balaban J connectivity index is 4.49. The minimum Gasteiger partial charge on any atom is -0.376 e. The van der Waals surface area contributed by atoms with Gasteiger partial charge in [-0.2, -0.15) is 0 Å². The number of nitrogens with two attached hydrogens (primary N) is 1. The summed E-state index contributed by atoms with van der Waals surface area (Å²) >= 11 is 4.58. The van der Waals surface area contributed by atoms with Crippen molar-refractivity contribution < 1.29 is 13.6 Å². The second kappa shape index (κ2) is 5.66. The lowest BCUT2D eigenvalue weighted by atomic mass is 10.5. The monoisotopic (exact) mass is 240 g/mol. The summed E-state index contributed by atoms with van der Waals surface area (Å²) in [5.41, 5.74) is 5.22. The van der Waals surface area contributed by atoms with Crippen LogP contribution < -0.4 is 10.8 Å². The molecule has 0 unspecified atom stereocenters. The number of nitrogens with one attached hydrogen (secondary N) is 1. The predicted molar refractivity (Wildman–Crippen MR) is 60.0 cm³/mol. The van der Waals surface area contributed by atoms with Gasteiger partial charge < -0.3 is 5.73 Å². The van der Waals surface area contributed by atoms with E-state index in [0.29, 0.717) is 0 Å². The molecule has 0 saturated heterocycles. The molecule has 0 atom stereocenters. The standard InChI is InChI=1S/C7H17N2O3PS/c1-5(2)11-13(10,9-7(8)14)12-6(3)4/h5-6H,1-4H3,(H3,8,9,10,14). The molecule has 0 aliphatic carbocycles. The molecule has 84 valence electrons. The molecular weight excluding hydrogens is 223 g/mol. The van der Waals surface area contributed by atoms with E-state index in [1.807, 2.05) is 0 Å². The van der Waals surface area contributed by atoms with Gasteiger partial charge in [-0.05, 0) is 39.9 Å². The topological polar surface area (TPSA) is 73.6 Å². The van der Waals surface area contributed by atoms with Crippen LogP contribution in [-0.2, 0) is 13.6 Å². The second-order valence-electron chi connectivity index (χ2n) is 3.28. The number of hydrogen-bond acceptors (Lipinski definition) is 4. The first-order valence-electron chi connectivity index (χ1n) is 4.29. The average Bonchev–Trinajstić information content (AvgIpc) is 1.76. The maximum atomic E-state index is 11.9. The minimum absolute atomic E-state index is 0.102. The smallest absolute Gasteiger partial charge is 0.376 e. The van der Waals surface area contributed by atoms with Gasteiger partial charge in [0.1, 0.15) is 0 Å². The minimum atomic E-state index is -3.40. The van der Waals surface area contributed by atoms with Crippen LogP contribution in [0.25, 0.3) is 0 Å². The van der Waals surface area contributed by atoms with Gasteiger partial charge in [-0.15, -0.1) is 0 Å².